The lowest BCUT2D eigenvalue weighted by atomic mass is 10.2. The van der Waals surface area contributed by atoms with Crippen LogP contribution in [-0.2, 0) is 6.54 Å². The summed E-state index contributed by atoms with van der Waals surface area (Å²) in [6.07, 6.45) is 3.11. The summed E-state index contributed by atoms with van der Waals surface area (Å²) in [6, 6.07) is 12.9. The Balaban J connectivity index is 1.66. The Morgan fingerprint density at radius 2 is 1.71 bits per heavy atom. The third-order valence-electron chi connectivity index (χ3n) is 4.05. The van der Waals surface area contributed by atoms with Crippen LogP contribution in [-0.4, -0.2) is 25.1 Å². The van der Waals surface area contributed by atoms with E-state index in [1.807, 2.05) is 18.2 Å². The Hall–Kier alpha value is -3.61. The highest BCUT2D eigenvalue weighted by atomic mass is 19.1. The van der Waals surface area contributed by atoms with Crippen molar-refractivity contribution in [1.82, 2.24) is 4.98 Å². The summed E-state index contributed by atoms with van der Waals surface area (Å²) in [4.78, 5) is 16.5. The first-order chi connectivity index (χ1) is 13.6. The minimum Gasteiger partial charge on any atom is -0.493 e. The number of benzene rings is 2. The number of rotatable bonds is 7. The summed E-state index contributed by atoms with van der Waals surface area (Å²) < 4.78 is 23.5. The van der Waals surface area contributed by atoms with Crippen molar-refractivity contribution in [2.24, 2.45) is 0 Å². The highest BCUT2D eigenvalue weighted by Gasteiger charge is 2.09. The molecule has 6 nitrogen and oxygen atoms in total. The van der Waals surface area contributed by atoms with Crippen molar-refractivity contribution in [2.75, 3.05) is 24.9 Å². The van der Waals surface area contributed by atoms with Crippen molar-refractivity contribution in [3.8, 4) is 11.5 Å². The first kappa shape index (κ1) is 19.2. The number of nitrogens with zero attached hydrogens (tertiary/aromatic N) is 1. The van der Waals surface area contributed by atoms with E-state index in [2.05, 4.69) is 15.6 Å². The van der Waals surface area contributed by atoms with E-state index in [-0.39, 0.29) is 11.7 Å². The average Bonchev–Trinajstić information content (AvgIpc) is 2.73. The van der Waals surface area contributed by atoms with E-state index >= 15 is 0 Å². The number of nitrogens with one attached hydrogen (secondary N) is 2. The van der Waals surface area contributed by atoms with Gasteiger partial charge in [-0.05, 0) is 48.0 Å². The lowest BCUT2D eigenvalue weighted by molar-refractivity contribution is 0.102. The van der Waals surface area contributed by atoms with Crippen LogP contribution >= 0.6 is 0 Å². The van der Waals surface area contributed by atoms with Gasteiger partial charge in [-0.1, -0.05) is 6.07 Å². The van der Waals surface area contributed by atoms with Crippen molar-refractivity contribution in [1.29, 1.82) is 0 Å². The van der Waals surface area contributed by atoms with Crippen LogP contribution in [0.25, 0.3) is 0 Å². The quantitative estimate of drug-likeness (QED) is 0.645. The average molecular weight is 381 g/mol. The topological polar surface area (TPSA) is 72.5 Å². The number of hydrogen-bond donors (Lipinski definition) is 2. The molecule has 0 atom stereocenters. The molecule has 0 bridgehead atoms. The van der Waals surface area contributed by atoms with Crippen LogP contribution in [0.4, 0.5) is 15.8 Å². The predicted molar refractivity (Wildman–Crippen MR) is 105 cm³/mol. The molecule has 2 N–H and O–H groups in total. The molecule has 7 heteroatoms. The van der Waals surface area contributed by atoms with Gasteiger partial charge in [-0.15, -0.1) is 0 Å². The van der Waals surface area contributed by atoms with Gasteiger partial charge in [0.25, 0.3) is 5.91 Å². The lowest BCUT2D eigenvalue weighted by Crippen LogP contribution is -2.12. The molecule has 0 aliphatic carbocycles. The maximum atomic E-state index is 13.0. The lowest BCUT2D eigenvalue weighted by Gasteiger charge is -2.11. The second kappa shape index (κ2) is 8.85. The van der Waals surface area contributed by atoms with Crippen molar-refractivity contribution in [3.05, 3.63) is 77.9 Å². The Labute approximate surface area is 162 Å². The van der Waals surface area contributed by atoms with Gasteiger partial charge >= 0.3 is 0 Å². The fourth-order valence-corrected chi connectivity index (χ4v) is 2.59. The van der Waals surface area contributed by atoms with Crippen LogP contribution in [0.15, 0.2) is 60.9 Å². The Morgan fingerprint density at radius 3 is 2.43 bits per heavy atom. The first-order valence-corrected chi connectivity index (χ1v) is 8.56. The number of aromatic nitrogens is 1. The molecule has 3 aromatic rings. The third kappa shape index (κ3) is 4.76. The monoisotopic (exact) mass is 381 g/mol. The van der Waals surface area contributed by atoms with E-state index < -0.39 is 0 Å². The van der Waals surface area contributed by atoms with Gasteiger partial charge in [0.2, 0.25) is 0 Å². The predicted octanol–water partition coefficient (Wildman–Crippen LogP) is 4.10. The molecule has 28 heavy (non-hydrogen) atoms. The van der Waals surface area contributed by atoms with Gasteiger partial charge in [-0.3, -0.25) is 9.78 Å². The van der Waals surface area contributed by atoms with Gasteiger partial charge in [0.15, 0.2) is 11.5 Å². The third-order valence-corrected chi connectivity index (χ3v) is 4.05. The Bertz CT molecular complexity index is 961. The van der Waals surface area contributed by atoms with Gasteiger partial charge < -0.3 is 20.1 Å². The van der Waals surface area contributed by atoms with E-state index in [4.69, 9.17) is 9.47 Å². The van der Waals surface area contributed by atoms with Crippen LogP contribution in [0.2, 0.25) is 0 Å². The summed E-state index contributed by atoms with van der Waals surface area (Å²) in [7, 11) is 3.17. The Kier molecular flexibility index (Phi) is 6.06. The standard InChI is InChI=1S/C21H20FN3O3/c1-27-19-8-3-14(9-20(19)28-2)11-24-18-10-15(12-23-13-18)21(26)25-17-6-4-16(22)5-7-17/h3-10,12-13,24H,11H2,1-2H3,(H,25,26). The van der Waals surface area contributed by atoms with Gasteiger partial charge in [0.1, 0.15) is 5.82 Å². The molecule has 144 valence electrons. The maximum absolute atomic E-state index is 13.0. The minimum absolute atomic E-state index is 0.325. The SMILES string of the molecule is COc1ccc(CNc2cncc(C(=O)Nc3ccc(F)cc3)c2)cc1OC. The molecule has 0 aliphatic rings. The molecule has 0 aliphatic heterocycles. The molecule has 0 saturated heterocycles. The number of pyridine rings is 1. The van der Waals surface area contributed by atoms with Gasteiger partial charge in [0.05, 0.1) is 25.5 Å². The summed E-state index contributed by atoms with van der Waals surface area (Å²) in [5, 5.41) is 5.94. The molecular weight excluding hydrogens is 361 g/mol. The Morgan fingerprint density at radius 1 is 0.964 bits per heavy atom. The van der Waals surface area contributed by atoms with Gasteiger partial charge in [-0.25, -0.2) is 4.39 Å². The number of ether oxygens (including phenoxy) is 2. The molecule has 0 fully saturated rings. The minimum atomic E-state index is -0.360. The number of halogens is 1. The van der Waals surface area contributed by atoms with Crippen molar-refractivity contribution < 1.29 is 18.7 Å². The molecule has 1 amide bonds. The van der Waals surface area contributed by atoms with Crippen molar-refractivity contribution >= 4 is 17.3 Å². The maximum Gasteiger partial charge on any atom is 0.257 e. The van der Waals surface area contributed by atoms with E-state index in [1.54, 1.807) is 26.5 Å². The van der Waals surface area contributed by atoms with E-state index in [9.17, 15) is 9.18 Å². The summed E-state index contributed by atoms with van der Waals surface area (Å²) >= 11 is 0. The summed E-state index contributed by atoms with van der Waals surface area (Å²) in [6.45, 7) is 0.519. The summed E-state index contributed by atoms with van der Waals surface area (Å²) in [5.41, 5.74) is 2.58. The zero-order valence-corrected chi connectivity index (χ0v) is 15.5. The fourth-order valence-electron chi connectivity index (χ4n) is 2.59. The van der Waals surface area contributed by atoms with Gasteiger partial charge in [-0.2, -0.15) is 0 Å². The van der Waals surface area contributed by atoms with E-state index in [0.717, 1.165) is 5.56 Å². The number of carbonyl (C=O) groups excluding carboxylic acids is 1. The summed E-state index contributed by atoms with van der Waals surface area (Å²) in [5.74, 6) is 0.620. The molecule has 1 heterocycles. The van der Waals surface area contributed by atoms with E-state index in [0.29, 0.717) is 35.0 Å². The zero-order valence-electron chi connectivity index (χ0n) is 15.5. The molecule has 0 unspecified atom stereocenters. The fraction of sp³-hybridized carbons (Fsp3) is 0.143. The smallest absolute Gasteiger partial charge is 0.257 e. The second-order valence-electron chi connectivity index (χ2n) is 5.97. The second-order valence-corrected chi connectivity index (χ2v) is 5.97. The van der Waals surface area contributed by atoms with Crippen molar-refractivity contribution in [3.63, 3.8) is 0 Å². The molecule has 0 saturated carbocycles. The van der Waals surface area contributed by atoms with Crippen molar-refractivity contribution in [2.45, 2.75) is 6.54 Å². The number of anilines is 2. The number of hydrogen-bond acceptors (Lipinski definition) is 5. The highest BCUT2D eigenvalue weighted by Crippen LogP contribution is 2.27. The molecule has 3 rings (SSSR count). The molecular formula is C21H20FN3O3. The van der Waals surface area contributed by atoms with Crippen LogP contribution in [0.1, 0.15) is 15.9 Å². The molecule has 1 aromatic heterocycles. The molecule has 0 spiro atoms. The largest absolute Gasteiger partial charge is 0.493 e. The van der Waals surface area contributed by atoms with Crippen LogP contribution in [0, 0.1) is 5.82 Å². The normalized spacial score (nSPS) is 10.2. The number of carbonyl (C=O) groups is 1. The first-order valence-electron chi connectivity index (χ1n) is 8.56. The number of amides is 1. The van der Waals surface area contributed by atoms with Crippen LogP contribution < -0.4 is 20.1 Å². The highest BCUT2D eigenvalue weighted by molar-refractivity contribution is 6.04. The van der Waals surface area contributed by atoms with Gasteiger partial charge in [0, 0.05) is 24.6 Å². The number of methoxy groups -OCH3 is 2. The van der Waals surface area contributed by atoms with E-state index in [1.165, 1.54) is 30.5 Å². The molecule has 0 radical (unpaired) electrons. The van der Waals surface area contributed by atoms with Crippen LogP contribution in [0.5, 0.6) is 11.5 Å². The zero-order chi connectivity index (χ0) is 19.9. The van der Waals surface area contributed by atoms with Crippen LogP contribution in [0.3, 0.4) is 0 Å². The molecule has 2 aromatic carbocycles.